The fourth-order valence-electron chi connectivity index (χ4n) is 2.10. The molecule has 7 heteroatoms. The van der Waals surface area contributed by atoms with Gasteiger partial charge in [0.05, 0.1) is 12.2 Å². The molecule has 6 nitrogen and oxygen atoms in total. The summed E-state index contributed by atoms with van der Waals surface area (Å²) in [4.78, 5) is 12.5. The molecule has 0 radical (unpaired) electrons. The molecule has 1 N–H and O–H groups in total. The lowest BCUT2D eigenvalue weighted by molar-refractivity contribution is -0.136. The van der Waals surface area contributed by atoms with Gasteiger partial charge in [0.1, 0.15) is 0 Å². The van der Waals surface area contributed by atoms with Gasteiger partial charge in [0.15, 0.2) is 0 Å². The molecule has 1 atom stereocenters. The van der Waals surface area contributed by atoms with Crippen LogP contribution in [-0.2, 0) is 14.8 Å². The second-order valence-electron chi connectivity index (χ2n) is 4.54. The number of carbonyl (C=O) groups is 1. The molecular weight excluding hydrogens is 244 g/mol. The lowest BCUT2D eigenvalue weighted by Gasteiger charge is -2.26. The summed E-state index contributed by atoms with van der Waals surface area (Å²) in [5, 5.41) is 8.55. The van der Waals surface area contributed by atoms with E-state index in [4.69, 9.17) is 5.11 Å². The van der Waals surface area contributed by atoms with E-state index in [1.54, 1.807) is 0 Å². The quantitative estimate of drug-likeness (QED) is 0.762. The fraction of sp³-hybridized carbons (Fsp3) is 0.900. The maximum absolute atomic E-state index is 12.0. The number of likely N-dealkylation sites (N-methyl/N-ethyl adjacent to an activating group) is 1. The molecule has 0 aliphatic carbocycles. The van der Waals surface area contributed by atoms with Crippen molar-refractivity contribution in [2.45, 2.75) is 25.8 Å². The summed E-state index contributed by atoms with van der Waals surface area (Å²) in [5.74, 6) is -1.38. The van der Waals surface area contributed by atoms with Gasteiger partial charge in [-0.25, -0.2) is 8.42 Å². The molecular formula is C10H20N2O4S. The minimum absolute atomic E-state index is 0.0960. The Kier molecular flexibility index (Phi) is 4.91. The van der Waals surface area contributed by atoms with Crippen LogP contribution in [0.1, 0.15) is 19.8 Å². The first-order valence-corrected chi connectivity index (χ1v) is 7.33. The van der Waals surface area contributed by atoms with Crippen molar-refractivity contribution in [1.29, 1.82) is 0 Å². The number of sulfonamides is 1. The molecule has 0 bridgehead atoms. The van der Waals surface area contributed by atoms with E-state index in [0.717, 1.165) is 13.0 Å². The maximum Gasteiger partial charge on any atom is 0.304 e. The van der Waals surface area contributed by atoms with Crippen molar-refractivity contribution in [3.63, 3.8) is 0 Å². The van der Waals surface area contributed by atoms with Gasteiger partial charge in [-0.05, 0) is 26.9 Å². The van der Waals surface area contributed by atoms with E-state index in [-0.39, 0.29) is 18.2 Å². The van der Waals surface area contributed by atoms with Crippen molar-refractivity contribution >= 4 is 16.0 Å². The molecule has 1 rings (SSSR count). The van der Waals surface area contributed by atoms with Crippen LogP contribution in [0, 0.1) is 0 Å². The van der Waals surface area contributed by atoms with Gasteiger partial charge in [-0.1, -0.05) is 0 Å². The Balaban J connectivity index is 2.71. The van der Waals surface area contributed by atoms with E-state index in [1.807, 2.05) is 14.0 Å². The topological polar surface area (TPSA) is 77.9 Å². The molecule has 1 fully saturated rings. The molecule has 1 aliphatic heterocycles. The Labute approximate surface area is 102 Å². The van der Waals surface area contributed by atoms with Crippen LogP contribution in [0.2, 0.25) is 0 Å². The Hall–Kier alpha value is -0.660. The predicted molar refractivity (Wildman–Crippen MR) is 64.3 cm³/mol. The Morgan fingerprint density at radius 2 is 2.06 bits per heavy atom. The first-order chi connectivity index (χ1) is 7.83. The highest BCUT2D eigenvalue weighted by atomic mass is 32.2. The van der Waals surface area contributed by atoms with Crippen molar-refractivity contribution in [2.24, 2.45) is 0 Å². The van der Waals surface area contributed by atoms with Crippen LogP contribution in [-0.4, -0.2) is 67.2 Å². The van der Waals surface area contributed by atoms with Crippen LogP contribution < -0.4 is 0 Å². The molecule has 0 saturated carbocycles. The molecule has 100 valence electrons. The first-order valence-electron chi connectivity index (χ1n) is 5.73. The normalized spacial score (nSPS) is 24.5. The van der Waals surface area contributed by atoms with Crippen LogP contribution in [0.25, 0.3) is 0 Å². The summed E-state index contributed by atoms with van der Waals surface area (Å²) in [6.45, 7) is 3.90. The van der Waals surface area contributed by atoms with Crippen molar-refractivity contribution in [3.05, 3.63) is 0 Å². The highest BCUT2D eigenvalue weighted by Gasteiger charge is 2.29. The Morgan fingerprint density at radius 1 is 1.41 bits per heavy atom. The number of nitrogens with zero attached hydrogens (tertiary/aromatic N) is 2. The smallest absolute Gasteiger partial charge is 0.304 e. The molecule has 1 heterocycles. The lowest BCUT2D eigenvalue weighted by atomic mass is 10.3. The summed E-state index contributed by atoms with van der Waals surface area (Å²) >= 11 is 0. The number of carboxylic acids is 1. The van der Waals surface area contributed by atoms with E-state index in [9.17, 15) is 13.2 Å². The molecule has 0 aromatic carbocycles. The van der Waals surface area contributed by atoms with Crippen LogP contribution in [0.5, 0.6) is 0 Å². The molecule has 0 spiro atoms. The summed E-state index contributed by atoms with van der Waals surface area (Å²) in [5.41, 5.74) is 0. The average Bonchev–Trinajstić information content (AvgIpc) is 2.36. The number of hydrogen-bond donors (Lipinski definition) is 1. The SMILES string of the molecule is CC1CN(C)CCCN1S(=O)(=O)CCC(=O)O. The van der Waals surface area contributed by atoms with Gasteiger partial charge in [0, 0.05) is 19.1 Å². The fourth-order valence-corrected chi connectivity index (χ4v) is 3.79. The van der Waals surface area contributed by atoms with Gasteiger partial charge in [0.2, 0.25) is 10.0 Å². The summed E-state index contributed by atoms with van der Waals surface area (Å²) in [6, 6.07) is -0.0960. The molecule has 0 aromatic rings. The highest BCUT2D eigenvalue weighted by Crippen LogP contribution is 2.14. The number of aliphatic carboxylic acids is 1. The monoisotopic (exact) mass is 264 g/mol. The number of hydrogen-bond acceptors (Lipinski definition) is 4. The van der Waals surface area contributed by atoms with Gasteiger partial charge in [-0.2, -0.15) is 4.31 Å². The van der Waals surface area contributed by atoms with Crippen LogP contribution in [0.3, 0.4) is 0 Å². The third-order valence-corrected chi connectivity index (χ3v) is 4.89. The van der Waals surface area contributed by atoms with Gasteiger partial charge in [-0.3, -0.25) is 4.79 Å². The maximum atomic E-state index is 12.0. The first kappa shape index (κ1) is 14.4. The number of rotatable bonds is 4. The van der Waals surface area contributed by atoms with Crippen molar-refractivity contribution < 1.29 is 18.3 Å². The largest absolute Gasteiger partial charge is 0.481 e. The van der Waals surface area contributed by atoms with Gasteiger partial charge in [-0.15, -0.1) is 0 Å². The van der Waals surface area contributed by atoms with E-state index >= 15 is 0 Å². The van der Waals surface area contributed by atoms with Gasteiger partial charge >= 0.3 is 5.97 Å². The van der Waals surface area contributed by atoms with E-state index in [1.165, 1.54) is 4.31 Å². The molecule has 1 unspecified atom stereocenters. The summed E-state index contributed by atoms with van der Waals surface area (Å²) < 4.78 is 25.5. The molecule has 17 heavy (non-hydrogen) atoms. The minimum atomic E-state index is -3.45. The van der Waals surface area contributed by atoms with E-state index in [2.05, 4.69) is 4.90 Å². The second kappa shape index (κ2) is 5.79. The van der Waals surface area contributed by atoms with Crippen molar-refractivity contribution in [1.82, 2.24) is 9.21 Å². The van der Waals surface area contributed by atoms with Gasteiger partial charge < -0.3 is 10.0 Å². The second-order valence-corrected chi connectivity index (χ2v) is 6.58. The van der Waals surface area contributed by atoms with Crippen molar-refractivity contribution in [2.75, 3.05) is 32.4 Å². The summed E-state index contributed by atoms with van der Waals surface area (Å²) in [7, 11) is -1.49. The molecule has 1 saturated heterocycles. The Bertz CT molecular complexity index is 369. The van der Waals surface area contributed by atoms with E-state index < -0.39 is 16.0 Å². The van der Waals surface area contributed by atoms with Crippen molar-refractivity contribution in [3.8, 4) is 0 Å². The predicted octanol–water partition coefficient (Wildman–Crippen LogP) is -0.183. The zero-order chi connectivity index (χ0) is 13.1. The zero-order valence-electron chi connectivity index (χ0n) is 10.3. The van der Waals surface area contributed by atoms with Crippen LogP contribution in [0.4, 0.5) is 0 Å². The Morgan fingerprint density at radius 3 is 2.65 bits per heavy atom. The molecule has 1 aliphatic rings. The summed E-state index contributed by atoms with van der Waals surface area (Å²) in [6.07, 6.45) is 0.453. The van der Waals surface area contributed by atoms with Crippen LogP contribution >= 0.6 is 0 Å². The third kappa shape index (κ3) is 4.25. The zero-order valence-corrected chi connectivity index (χ0v) is 11.1. The number of carboxylic acid groups (broad SMARTS) is 1. The van der Waals surface area contributed by atoms with E-state index in [0.29, 0.717) is 13.1 Å². The average molecular weight is 264 g/mol. The highest BCUT2D eigenvalue weighted by molar-refractivity contribution is 7.89. The van der Waals surface area contributed by atoms with Crippen LogP contribution in [0.15, 0.2) is 0 Å². The lowest BCUT2D eigenvalue weighted by Crippen LogP contribution is -2.43. The standard InChI is InChI=1S/C10H20N2O4S/c1-9-8-11(2)5-3-6-12(9)17(15,16)7-4-10(13)14/h9H,3-8H2,1-2H3,(H,13,14). The third-order valence-electron chi connectivity index (χ3n) is 2.92. The van der Waals surface area contributed by atoms with Gasteiger partial charge in [0.25, 0.3) is 0 Å². The molecule has 0 amide bonds. The minimum Gasteiger partial charge on any atom is -0.481 e. The molecule has 0 aromatic heterocycles.